The van der Waals surface area contributed by atoms with Crippen molar-refractivity contribution in [2.24, 2.45) is 0 Å². The highest BCUT2D eigenvalue weighted by Crippen LogP contribution is 2.42. The van der Waals surface area contributed by atoms with Crippen LogP contribution in [0, 0.1) is 0 Å². The smallest absolute Gasteiger partial charge is 0.313 e. The van der Waals surface area contributed by atoms with E-state index >= 15 is 0 Å². The van der Waals surface area contributed by atoms with Crippen molar-refractivity contribution in [3.8, 4) is 0 Å². The molecule has 19 heavy (non-hydrogen) atoms. The highest BCUT2D eigenvalue weighted by Gasteiger charge is 2.19. The summed E-state index contributed by atoms with van der Waals surface area (Å²) < 4.78 is -0.364. The molecule has 0 aromatic heterocycles. The molecule has 0 unspecified atom stereocenters. The second kappa shape index (κ2) is 7.89. The monoisotopic (exact) mass is 340 g/mol. The second-order valence-electron chi connectivity index (χ2n) is 3.41. The van der Waals surface area contributed by atoms with Gasteiger partial charge in [-0.25, -0.2) is 0 Å². The van der Waals surface area contributed by atoms with Crippen LogP contribution in [0.25, 0.3) is 0 Å². The molecule has 0 saturated carbocycles. The number of hydrogen-bond donors (Lipinski definition) is 2. The maximum Gasteiger partial charge on any atom is 0.313 e. The summed E-state index contributed by atoms with van der Waals surface area (Å²) >= 11 is 14.1. The van der Waals surface area contributed by atoms with Crippen LogP contribution in [0.2, 0.25) is 10.0 Å². The average molecular weight is 341 g/mol. The summed E-state index contributed by atoms with van der Waals surface area (Å²) in [5.74, 6) is -2.18. The molecule has 0 bridgehead atoms. The van der Waals surface area contributed by atoms with Crippen LogP contribution in [0.5, 0.6) is 0 Å². The molecule has 1 aromatic rings. The minimum absolute atomic E-state index is 0.129. The predicted molar refractivity (Wildman–Crippen MR) is 79.4 cm³/mol. The first-order valence-corrected chi connectivity index (χ1v) is 7.87. The van der Waals surface area contributed by atoms with E-state index in [0.717, 1.165) is 23.5 Å². The predicted octanol–water partition coefficient (Wildman–Crippen LogP) is 3.63. The third kappa shape index (κ3) is 5.95. The van der Waals surface area contributed by atoms with Crippen LogP contribution in [0.3, 0.4) is 0 Å². The van der Waals surface area contributed by atoms with Gasteiger partial charge in [0.15, 0.2) is 0 Å². The standard InChI is InChI=1S/C11H10Cl2O4S2/c12-6-1-2-7(8(13)3-6)11(18-4-9(14)15)19-5-10(16)17/h1-3,11H,4-5H2,(H,14,15)(H,16,17). The molecule has 0 aliphatic carbocycles. The molecule has 4 nitrogen and oxygen atoms in total. The Labute approximate surface area is 128 Å². The van der Waals surface area contributed by atoms with Crippen molar-refractivity contribution in [2.45, 2.75) is 4.58 Å². The maximum atomic E-state index is 10.6. The van der Waals surface area contributed by atoms with E-state index in [1.807, 2.05) is 0 Å². The Morgan fingerprint density at radius 2 is 1.63 bits per heavy atom. The number of carboxylic acid groups (broad SMARTS) is 2. The Bertz CT molecular complexity index is 464. The SMILES string of the molecule is O=C(O)CSC(SCC(=O)O)c1ccc(Cl)cc1Cl. The van der Waals surface area contributed by atoms with E-state index in [-0.39, 0.29) is 16.1 Å². The number of carbonyl (C=O) groups is 2. The van der Waals surface area contributed by atoms with Gasteiger partial charge in [0.1, 0.15) is 0 Å². The Hall–Kier alpha value is -0.560. The number of aliphatic carboxylic acids is 2. The van der Waals surface area contributed by atoms with Gasteiger partial charge >= 0.3 is 11.9 Å². The summed E-state index contributed by atoms with van der Waals surface area (Å²) in [5, 5.41) is 18.3. The molecule has 0 aliphatic rings. The Morgan fingerprint density at radius 1 is 1.11 bits per heavy atom. The fourth-order valence-electron chi connectivity index (χ4n) is 1.21. The fourth-order valence-corrected chi connectivity index (χ4v) is 4.01. The van der Waals surface area contributed by atoms with Crippen LogP contribution >= 0.6 is 46.7 Å². The van der Waals surface area contributed by atoms with Crippen LogP contribution < -0.4 is 0 Å². The van der Waals surface area contributed by atoms with E-state index in [1.165, 1.54) is 0 Å². The van der Waals surface area contributed by atoms with Gasteiger partial charge in [-0.1, -0.05) is 29.3 Å². The third-order valence-corrected chi connectivity index (χ3v) is 5.25. The van der Waals surface area contributed by atoms with E-state index in [1.54, 1.807) is 18.2 Å². The third-order valence-electron chi connectivity index (χ3n) is 1.93. The average Bonchev–Trinajstić information content (AvgIpc) is 2.30. The van der Waals surface area contributed by atoms with E-state index in [9.17, 15) is 9.59 Å². The van der Waals surface area contributed by atoms with Crippen molar-refractivity contribution in [3.63, 3.8) is 0 Å². The van der Waals surface area contributed by atoms with Crippen molar-refractivity contribution in [1.29, 1.82) is 0 Å². The molecule has 0 radical (unpaired) electrons. The largest absolute Gasteiger partial charge is 0.481 e. The topological polar surface area (TPSA) is 74.6 Å². The number of hydrogen-bond acceptors (Lipinski definition) is 4. The number of carboxylic acids is 2. The van der Waals surface area contributed by atoms with Crippen molar-refractivity contribution in [2.75, 3.05) is 11.5 Å². The van der Waals surface area contributed by atoms with Crippen molar-refractivity contribution in [3.05, 3.63) is 33.8 Å². The number of benzene rings is 1. The summed E-state index contributed by atoms with van der Waals surface area (Å²) in [6, 6.07) is 4.87. The van der Waals surface area contributed by atoms with Gasteiger partial charge in [0.25, 0.3) is 0 Å². The lowest BCUT2D eigenvalue weighted by Crippen LogP contribution is -2.05. The zero-order chi connectivity index (χ0) is 14.4. The molecule has 0 spiro atoms. The molecule has 0 saturated heterocycles. The highest BCUT2D eigenvalue weighted by molar-refractivity contribution is 8.16. The van der Waals surface area contributed by atoms with Gasteiger partial charge in [0.2, 0.25) is 0 Å². The molecular formula is C11H10Cl2O4S2. The number of thioether (sulfide) groups is 2. The minimum atomic E-state index is -0.962. The molecule has 0 aliphatic heterocycles. The van der Waals surface area contributed by atoms with Crippen molar-refractivity contribution < 1.29 is 19.8 Å². The zero-order valence-electron chi connectivity index (χ0n) is 9.51. The van der Waals surface area contributed by atoms with E-state index < -0.39 is 11.9 Å². The second-order valence-corrected chi connectivity index (χ2v) is 6.74. The normalized spacial score (nSPS) is 10.7. The van der Waals surface area contributed by atoms with Crippen molar-refractivity contribution in [1.82, 2.24) is 0 Å². The van der Waals surface area contributed by atoms with Crippen LogP contribution in [0.4, 0.5) is 0 Å². The molecule has 0 atom stereocenters. The maximum absolute atomic E-state index is 10.6. The van der Waals surface area contributed by atoms with Gasteiger partial charge in [0.05, 0.1) is 16.1 Å². The minimum Gasteiger partial charge on any atom is -0.481 e. The fraction of sp³-hybridized carbons (Fsp3) is 0.273. The Balaban J connectivity index is 2.86. The molecular weight excluding hydrogens is 331 g/mol. The molecule has 104 valence electrons. The molecule has 8 heteroatoms. The summed E-state index contributed by atoms with van der Waals surface area (Å²) in [6.07, 6.45) is 0. The van der Waals surface area contributed by atoms with Crippen LogP contribution in [-0.4, -0.2) is 33.7 Å². The first-order chi connectivity index (χ1) is 8.90. The van der Waals surface area contributed by atoms with Gasteiger partial charge in [-0.3, -0.25) is 9.59 Å². The van der Waals surface area contributed by atoms with Crippen LogP contribution in [0.15, 0.2) is 18.2 Å². The summed E-state index contributed by atoms with van der Waals surface area (Å²) in [5.41, 5.74) is 0.670. The number of halogens is 2. The lowest BCUT2D eigenvalue weighted by Gasteiger charge is -2.16. The summed E-state index contributed by atoms with van der Waals surface area (Å²) in [6.45, 7) is 0. The number of rotatable bonds is 7. The van der Waals surface area contributed by atoms with Gasteiger partial charge in [-0.05, 0) is 17.7 Å². The summed E-state index contributed by atoms with van der Waals surface area (Å²) in [4.78, 5) is 21.2. The molecule has 2 N–H and O–H groups in total. The molecule has 0 amide bonds. The molecule has 1 rings (SSSR count). The van der Waals surface area contributed by atoms with Gasteiger partial charge in [-0.15, -0.1) is 23.5 Å². The van der Waals surface area contributed by atoms with Gasteiger partial charge in [-0.2, -0.15) is 0 Å². The first kappa shape index (κ1) is 16.5. The molecule has 0 heterocycles. The van der Waals surface area contributed by atoms with Crippen LogP contribution in [0.1, 0.15) is 10.1 Å². The lowest BCUT2D eigenvalue weighted by molar-refractivity contribution is -0.134. The highest BCUT2D eigenvalue weighted by atomic mass is 35.5. The summed E-state index contributed by atoms with van der Waals surface area (Å²) in [7, 11) is 0. The zero-order valence-corrected chi connectivity index (χ0v) is 12.7. The Morgan fingerprint density at radius 3 is 2.05 bits per heavy atom. The van der Waals surface area contributed by atoms with Crippen LogP contribution in [-0.2, 0) is 9.59 Å². The van der Waals surface area contributed by atoms with Gasteiger partial charge in [0, 0.05) is 10.0 Å². The van der Waals surface area contributed by atoms with Crippen molar-refractivity contribution >= 4 is 58.7 Å². The van der Waals surface area contributed by atoms with Gasteiger partial charge < -0.3 is 10.2 Å². The lowest BCUT2D eigenvalue weighted by atomic mass is 10.2. The van der Waals surface area contributed by atoms with E-state index in [2.05, 4.69) is 0 Å². The van der Waals surface area contributed by atoms with E-state index in [0.29, 0.717) is 15.6 Å². The molecule has 1 aromatic carbocycles. The molecule has 0 fully saturated rings. The Kier molecular flexibility index (Phi) is 6.85. The quantitative estimate of drug-likeness (QED) is 0.738. The van der Waals surface area contributed by atoms with E-state index in [4.69, 9.17) is 33.4 Å². The first-order valence-electron chi connectivity index (χ1n) is 5.02.